The Hall–Kier alpha value is -5.93. The summed E-state index contributed by atoms with van der Waals surface area (Å²) in [7, 11) is 0. The third-order valence-corrected chi connectivity index (χ3v) is 9.06. The molecule has 0 fully saturated rings. The summed E-state index contributed by atoms with van der Waals surface area (Å²) in [4.78, 5) is 15.2. The highest BCUT2D eigenvalue weighted by Gasteiger charge is 2.19. The van der Waals surface area contributed by atoms with E-state index in [2.05, 4.69) is 145 Å². The minimum absolute atomic E-state index is 0.702. The molecule has 3 heteroatoms. The van der Waals surface area contributed by atoms with Gasteiger partial charge in [0.1, 0.15) is 0 Å². The Morgan fingerprint density at radius 1 is 0.500 bits per heavy atom. The van der Waals surface area contributed by atoms with Gasteiger partial charge in [0.2, 0.25) is 0 Å². The molecule has 230 valence electrons. The van der Waals surface area contributed by atoms with Gasteiger partial charge in [0.25, 0.3) is 0 Å². The van der Waals surface area contributed by atoms with E-state index in [1.54, 1.807) is 0 Å². The van der Waals surface area contributed by atoms with Gasteiger partial charge in [-0.1, -0.05) is 134 Å². The molecule has 3 nitrogen and oxygen atoms in total. The molecule has 8 rings (SSSR count). The van der Waals surface area contributed by atoms with Crippen LogP contribution >= 0.6 is 0 Å². The predicted molar refractivity (Wildman–Crippen MR) is 201 cm³/mol. The zero-order chi connectivity index (χ0) is 32.1. The topological polar surface area (TPSA) is 38.7 Å². The number of hydrogen-bond donors (Lipinski definition) is 0. The SMILES string of the molecule is C1=Cc2c(-c3cc(/C4=C/C/C=C/C/C=C\Cc5ccccc54)nc(-c4ccc(-c5ccccn5)cc4)n3)cc3ccccc3c2C=CC1. The third-order valence-electron chi connectivity index (χ3n) is 9.06. The third kappa shape index (κ3) is 5.99. The van der Waals surface area contributed by atoms with Crippen LogP contribution in [0.1, 0.15) is 47.2 Å². The van der Waals surface area contributed by atoms with Crippen LogP contribution in [0.25, 0.3) is 62.4 Å². The molecule has 0 amide bonds. The van der Waals surface area contributed by atoms with Crippen LogP contribution in [0.15, 0.2) is 152 Å². The van der Waals surface area contributed by atoms with Crippen molar-refractivity contribution in [1.29, 1.82) is 0 Å². The van der Waals surface area contributed by atoms with Gasteiger partial charge in [0.15, 0.2) is 5.82 Å². The van der Waals surface area contributed by atoms with Gasteiger partial charge in [-0.15, -0.1) is 0 Å². The van der Waals surface area contributed by atoms with Gasteiger partial charge >= 0.3 is 0 Å². The number of nitrogens with zero attached hydrogens (tertiary/aromatic N) is 3. The van der Waals surface area contributed by atoms with Crippen molar-refractivity contribution < 1.29 is 0 Å². The lowest BCUT2D eigenvalue weighted by molar-refractivity contribution is 1.14. The van der Waals surface area contributed by atoms with Crippen molar-refractivity contribution in [2.45, 2.75) is 25.7 Å². The van der Waals surface area contributed by atoms with Gasteiger partial charge in [-0.3, -0.25) is 4.98 Å². The van der Waals surface area contributed by atoms with E-state index in [0.717, 1.165) is 65.0 Å². The number of pyridine rings is 1. The van der Waals surface area contributed by atoms with Crippen LogP contribution in [0, 0.1) is 0 Å². The Morgan fingerprint density at radius 3 is 2.12 bits per heavy atom. The lowest BCUT2D eigenvalue weighted by Crippen LogP contribution is -2.02. The van der Waals surface area contributed by atoms with Crippen LogP contribution in [0.3, 0.4) is 0 Å². The molecule has 2 aliphatic rings. The van der Waals surface area contributed by atoms with Crippen LogP contribution in [0.5, 0.6) is 0 Å². The van der Waals surface area contributed by atoms with Gasteiger partial charge in [0, 0.05) is 28.5 Å². The van der Waals surface area contributed by atoms with Crippen molar-refractivity contribution in [3.05, 3.63) is 180 Å². The first-order chi connectivity index (χ1) is 23.8. The van der Waals surface area contributed by atoms with E-state index in [4.69, 9.17) is 9.97 Å². The zero-order valence-electron chi connectivity index (χ0n) is 26.8. The molecular formula is C45H35N3. The monoisotopic (exact) mass is 617 g/mol. The largest absolute Gasteiger partial charge is 0.256 e. The van der Waals surface area contributed by atoms with E-state index in [1.807, 2.05) is 24.4 Å². The highest BCUT2D eigenvalue weighted by Crippen LogP contribution is 2.38. The number of benzene rings is 4. The van der Waals surface area contributed by atoms with Gasteiger partial charge in [0.05, 0.1) is 17.1 Å². The zero-order valence-corrected chi connectivity index (χ0v) is 26.8. The van der Waals surface area contributed by atoms with E-state index in [-0.39, 0.29) is 0 Å². The fraction of sp³-hybridized carbons (Fsp3) is 0.0889. The summed E-state index contributed by atoms with van der Waals surface area (Å²) in [5, 5.41) is 2.45. The van der Waals surface area contributed by atoms with E-state index < -0.39 is 0 Å². The molecule has 0 spiro atoms. The number of hydrogen-bond acceptors (Lipinski definition) is 3. The first-order valence-electron chi connectivity index (χ1n) is 16.7. The first kappa shape index (κ1) is 29.5. The molecule has 0 saturated carbocycles. The van der Waals surface area contributed by atoms with Crippen molar-refractivity contribution in [2.75, 3.05) is 0 Å². The van der Waals surface area contributed by atoms with E-state index >= 15 is 0 Å². The molecule has 0 N–H and O–H groups in total. The van der Waals surface area contributed by atoms with Crippen LogP contribution in [0.4, 0.5) is 0 Å². The summed E-state index contributed by atoms with van der Waals surface area (Å²) in [5.41, 5.74) is 12.0. The van der Waals surface area contributed by atoms with Crippen LogP contribution in [0.2, 0.25) is 0 Å². The van der Waals surface area contributed by atoms with Crippen LogP contribution in [-0.2, 0) is 6.42 Å². The summed E-state index contributed by atoms with van der Waals surface area (Å²) < 4.78 is 0. The smallest absolute Gasteiger partial charge is 0.160 e. The quantitative estimate of drug-likeness (QED) is 0.185. The van der Waals surface area contributed by atoms with E-state index in [1.165, 1.54) is 33.0 Å². The van der Waals surface area contributed by atoms with Gasteiger partial charge < -0.3 is 0 Å². The van der Waals surface area contributed by atoms with E-state index in [9.17, 15) is 0 Å². The van der Waals surface area contributed by atoms with Gasteiger partial charge in [-0.2, -0.15) is 0 Å². The Kier molecular flexibility index (Phi) is 8.25. The molecule has 0 atom stereocenters. The summed E-state index contributed by atoms with van der Waals surface area (Å²) in [6.07, 6.45) is 25.7. The van der Waals surface area contributed by atoms with Crippen molar-refractivity contribution in [3.8, 4) is 33.9 Å². The van der Waals surface area contributed by atoms with Crippen molar-refractivity contribution in [2.24, 2.45) is 0 Å². The molecule has 2 aromatic heterocycles. The van der Waals surface area contributed by atoms with Gasteiger partial charge in [-0.25, -0.2) is 9.97 Å². The molecule has 6 aromatic rings. The molecule has 4 aromatic carbocycles. The highest BCUT2D eigenvalue weighted by atomic mass is 14.9. The lowest BCUT2D eigenvalue weighted by Gasteiger charge is -2.17. The number of rotatable bonds is 4. The second-order valence-corrected chi connectivity index (χ2v) is 12.2. The standard InChI is InChI=1S/C45H35N3/c1-2-4-7-23-40(36-19-12-10-17-32(36)16-6-3-1)43-31-44(41-30-35-18-11-13-20-37(35)38-21-8-5-9-22-39(38)41)48-45(47-43)34-27-25-33(26-28-34)42-24-14-15-29-46-42/h2-4,6,8-15,17-31H,1,5,7,16H2/b4-2+,6-3-,40-23+. The average molecular weight is 618 g/mol. The summed E-state index contributed by atoms with van der Waals surface area (Å²) in [6, 6.07) is 36.3. The minimum atomic E-state index is 0.702. The van der Waals surface area contributed by atoms with Crippen LogP contribution < -0.4 is 0 Å². The second-order valence-electron chi connectivity index (χ2n) is 12.2. The maximum atomic E-state index is 5.33. The molecule has 2 aliphatic carbocycles. The molecule has 48 heavy (non-hydrogen) atoms. The van der Waals surface area contributed by atoms with Gasteiger partial charge in [-0.05, 0) is 83.0 Å². The molecule has 0 unspecified atom stereocenters. The molecule has 2 heterocycles. The second kappa shape index (κ2) is 13.4. The molecular weight excluding hydrogens is 583 g/mol. The fourth-order valence-electron chi connectivity index (χ4n) is 6.67. The number of allylic oxidation sites excluding steroid dienone is 7. The average Bonchev–Trinajstić information content (AvgIpc) is 3.43. The number of aromatic nitrogens is 3. The summed E-state index contributed by atoms with van der Waals surface area (Å²) in [5.74, 6) is 0.702. The predicted octanol–water partition coefficient (Wildman–Crippen LogP) is 11.3. The Bertz CT molecular complexity index is 2270. The van der Waals surface area contributed by atoms with E-state index in [0.29, 0.717) is 5.82 Å². The van der Waals surface area contributed by atoms with Crippen molar-refractivity contribution in [3.63, 3.8) is 0 Å². The minimum Gasteiger partial charge on any atom is -0.256 e. The Balaban J connectivity index is 1.36. The molecule has 0 saturated heterocycles. The molecule has 0 bridgehead atoms. The summed E-state index contributed by atoms with van der Waals surface area (Å²) in [6.45, 7) is 0. The maximum Gasteiger partial charge on any atom is 0.160 e. The Morgan fingerprint density at radius 2 is 1.23 bits per heavy atom. The Labute approximate surface area is 282 Å². The van der Waals surface area contributed by atoms with Crippen LogP contribution in [-0.4, -0.2) is 15.0 Å². The highest BCUT2D eigenvalue weighted by molar-refractivity contribution is 6.00. The summed E-state index contributed by atoms with van der Waals surface area (Å²) >= 11 is 0. The fourth-order valence-corrected chi connectivity index (χ4v) is 6.67. The first-order valence-corrected chi connectivity index (χ1v) is 16.7. The maximum absolute atomic E-state index is 5.33. The lowest BCUT2D eigenvalue weighted by atomic mass is 9.90. The van der Waals surface area contributed by atoms with Crippen molar-refractivity contribution in [1.82, 2.24) is 15.0 Å². The number of fused-ring (bicyclic) bond motifs is 4. The normalized spacial score (nSPS) is 16.5. The molecule has 0 radical (unpaired) electrons. The van der Waals surface area contributed by atoms with Crippen molar-refractivity contribution >= 4 is 28.5 Å². The molecule has 0 aliphatic heterocycles.